The van der Waals surface area contributed by atoms with Crippen molar-refractivity contribution >= 4 is 17.5 Å². The lowest BCUT2D eigenvalue weighted by atomic mass is 9.72. The smallest absolute Gasteiger partial charge is 0.253 e. The summed E-state index contributed by atoms with van der Waals surface area (Å²) in [5, 5.41) is 28.3. The fourth-order valence-corrected chi connectivity index (χ4v) is 4.33. The molecule has 1 saturated carbocycles. The Bertz CT molecular complexity index is 423. The van der Waals surface area contributed by atoms with Gasteiger partial charge in [-0.05, 0) is 31.6 Å². The zero-order chi connectivity index (χ0) is 17.9. The van der Waals surface area contributed by atoms with Crippen LogP contribution in [-0.2, 0) is 4.79 Å². The van der Waals surface area contributed by atoms with Crippen molar-refractivity contribution in [2.45, 2.75) is 49.3 Å². The van der Waals surface area contributed by atoms with Crippen LogP contribution in [-0.4, -0.2) is 76.1 Å². The summed E-state index contributed by atoms with van der Waals surface area (Å²) in [6, 6.07) is -0.248. The Kier molecular flexibility index (Phi) is 7.24. The third-order valence-corrected chi connectivity index (χ3v) is 6.13. The zero-order valence-corrected chi connectivity index (χ0v) is 14.5. The van der Waals surface area contributed by atoms with Gasteiger partial charge < -0.3 is 26.0 Å². The largest absolute Gasteiger partial charge is 0.393 e. The van der Waals surface area contributed by atoms with E-state index in [-0.39, 0.29) is 29.2 Å². The van der Waals surface area contributed by atoms with Crippen molar-refractivity contribution in [2.75, 3.05) is 26.4 Å². The number of rotatable bonds is 5. The number of alkyl halides is 2. The highest BCUT2D eigenvalue weighted by Gasteiger charge is 2.41. The van der Waals surface area contributed by atoms with Crippen LogP contribution in [0.3, 0.4) is 0 Å². The molecule has 0 bridgehead atoms. The van der Waals surface area contributed by atoms with Gasteiger partial charge >= 0.3 is 0 Å². The molecule has 5 N–H and O–H groups in total. The van der Waals surface area contributed by atoms with E-state index in [1.807, 2.05) is 0 Å². The summed E-state index contributed by atoms with van der Waals surface area (Å²) in [4.78, 5) is 13.4. The van der Waals surface area contributed by atoms with E-state index in [9.17, 15) is 19.4 Å². The van der Waals surface area contributed by atoms with Crippen LogP contribution in [0.2, 0.25) is 0 Å². The highest BCUT2D eigenvalue weighted by molar-refractivity contribution is 6.20. The summed E-state index contributed by atoms with van der Waals surface area (Å²) < 4.78 is 12.9. The normalized spacial score (nSPS) is 34.8. The molecular formula is C16H28ClFN2O4. The van der Waals surface area contributed by atoms with Gasteiger partial charge in [0.25, 0.3) is 5.91 Å². The number of hydrogen-bond acceptors (Lipinski definition) is 5. The van der Waals surface area contributed by atoms with Gasteiger partial charge in [0.15, 0.2) is 6.10 Å². The molecule has 1 amide bonds. The number of carbonyl (C=O) groups excluding carboxylic acids is 1. The maximum atomic E-state index is 12.9. The molecule has 0 aromatic carbocycles. The van der Waals surface area contributed by atoms with Gasteiger partial charge in [0.05, 0.1) is 19.4 Å². The monoisotopic (exact) mass is 366 g/mol. The minimum Gasteiger partial charge on any atom is -0.393 e. The van der Waals surface area contributed by atoms with Crippen LogP contribution in [0, 0.1) is 17.8 Å². The lowest BCUT2D eigenvalue weighted by Gasteiger charge is -2.43. The van der Waals surface area contributed by atoms with E-state index in [0.717, 1.165) is 0 Å². The van der Waals surface area contributed by atoms with Crippen molar-refractivity contribution in [1.29, 1.82) is 0 Å². The average Bonchev–Trinajstić information content (AvgIpc) is 2.61. The summed E-state index contributed by atoms with van der Waals surface area (Å²) in [6.07, 6.45) is 0.169. The van der Waals surface area contributed by atoms with Gasteiger partial charge in [-0.25, -0.2) is 0 Å². The third kappa shape index (κ3) is 4.38. The molecule has 1 heterocycles. The number of aliphatic hydroxyl groups excluding tert-OH is 3. The lowest BCUT2D eigenvalue weighted by Crippen LogP contribution is -2.52. The quantitative estimate of drug-likeness (QED) is 0.507. The van der Waals surface area contributed by atoms with Crippen LogP contribution in [0.1, 0.15) is 25.7 Å². The first-order valence-electron chi connectivity index (χ1n) is 8.60. The zero-order valence-electron chi connectivity index (χ0n) is 13.7. The van der Waals surface area contributed by atoms with Crippen molar-refractivity contribution in [3.63, 3.8) is 0 Å². The number of likely N-dealkylation sites (tertiary alicyclic amines) is 1. The first-order chi connectivity index (χ1) is 11.4. The number of piperidine rings is 1. The minimum absolute atomic E-state index is 0.144. The minimum atomic E-state index is -1.37. The van der Waals surface area contributed by atoms with Crippen molar-refractivity contribution < 1.29 is 24.5 Å². The summed E-state index contributed by atoms with van der Waals surface area (Å²) >= 11 is 6.23. The van der Waals surface area contributed by atoms with Crippen molar-refractivity contribution in [3.8, 4) is 0 Å². The van der Waals surface area contributed by atoms with E-state index >= 15 is 0 Å². The number of hydrogen-bond donors (Lipinski definition) is 4. The lowest BCUT2D eigenvalue weighted by molar-refractivity contribution is -0.143. The number of nitrogens with zero attached hydrogens (tertiary/aromatic N) is 1. The third-order valence-electron chi connectivity index (χ3n) is 5.59. The Labute approximate surface area is 146 Å². The topological polar surface area (TPSA) is 107 Å². The molecule has 2 fully saturated rings. The molecule has 0 aromatic rings. The molecule has 2 aliphatic rings. The van der Waals surface area contributed by atoms with E-state index in [2.05, 4.69) is 0 Å². The molecule has 6 nitrogen and oxygen atoms in total. The molecule has 2 rings (SSSR count). The molecular weight excluding hydrogens is 339 g/mol. The van der Waals surface area contributed by atoms with Crippen LogP contribution in [0.25, 0.3) is 0 Å². The molecule has 0 radical (unpaired) electrons. The van der Waals surface area contributed by atoms with E-state index in [1.54, 1.807) is 0 Å². The van der Waals surface area contributed by atoms with Gasteiger partial charge in [0, 0.05) is 36.3 Å². The van der Waals surface area contributed by atoms with Gasteiger partial charge in [-0.1, -0.05) is 0 Å². The standard InChI is InChI=1S/C16H28ClFN2O4/c17-12-6-11(13(22)5-10(12)7-18)15(19)9-1-3-20(4-2-9)16(24)14(23)8-21/h9-15,21-23H,1-8,19H2/t10?,11?,12?,13?,14-,15-/m1/s1. The van der Waals surface area contributed by atoms with Crippen LogP contribution in [0.15, 0.2) is 0 Å². The maximum absolute atomic E-state index is 12.9. The van der Waals surface area contributed by atoms with Gasteiger partial charge in [0.2, 0.25) is 0 Å². The number of nitrogens with two attached hydrogens (primary N) is 1. The SMILES string of the molecule is N[C@H](C1CCN(C(=O)[C@H](O)CO)CC1)C1CC(Cl)C(CF)CC1O. The molecule has 8 heteroatoms. The van der Waals surface area contributed by atoms with Gasteiger partial charge in [-0.15, -0.1) is 11.6 Å². The summed E-state index contributed by atoms with van der Waals surface area (Å²) in [5.41, 5.74) is 6.36. The van der Waals surface area contributed by atoms with Crippen molar-refractivity contribution in [2.24, 2.45) is 23.5 Å². The maximum Gasteiger partial charge on any atom is 0.253 e. The van der Waals surface area contributed by atoms with Gasteiger partial charge in [-0.2, -0.15) is 0 Å². The highest BCUT2D eigenvalue weighted by Crippen LogP contribution is 2.37. The van der Waals surface area contributed by atoms with E-state index in [1.165, 1.54) is 4.90 Å². The molecule has 1 saturated heterocycles. The summed E-state index contributed by atoms with van der Waals surface area (Å²) in [5.74, 6) is -0.797. The Morgan fingerprint density at radius 1 is 1.33 bits per heavy atom. The predicted molar refractivity (Wildman–Crippen MR) is 88.2 cm³/mol. The number of halogens is 2. The average molecular weight is 367 g/mol. The van der Waals surface area contributed by atoms with Crippen LogP contribution >= 0.6 is 11.6 Å². The molecule has 0 aromatic heterocycles. The molecule has 0 spiro atoms. The van der Waals surface area contributed by atoms with Gasteiger partial charge in [-0.3, -0.25) is 9.18 Å². The van der Waals surface area contributed by atoms with Crippen LogP contribution in [0.5, 0.6) is 0 Å². The molecule has 1 aliphatic heterocycles. The molecule has 1 aliphatic carbocycles. The Hall–Kier alpha value is -0.470. The van der Waals surface area contributed by atoms with E-state index in [4.69, 9.17) is 22.4 Å². The Balaban J connectivity index is 1.88. The number of carbonyl (C=O) groups is 1. The second-order valence-electron chi connectivity index (χ2n) is 7.07. The summed E-state index contributed by atoms with van der Waals surface area (Å²) in [6.45, 7) is -0.177. The number of aliphatic hydroxyl groups is 3. The molecule has 6 atom stereocenters. The molecule has 140 valence electrons. The van der Waals surface area contributed by atoms with Crippen LogP contribution < -0.4 is 5.73 Å². The highest BCUT2D eigenvalue weighted by atomic mass is 35.5. The van der Waals surface area contributed by atoms with E-state index < -0.39 is 31.4 Å². The summed E-state index contributed by atoms with van der Waals surface area (Å²) in [7, 11) is 0. The van der Waals surface area contributed by atoms with E-state index in [0.29, 0.717) is 38.8 Å². The fraction of sp³-hybridized carbons (Fsp3) is 0.938. The Morgan fingerprint density at radius 3 is 2.50 bits per heavy atom. The van der Waals surface area contributed by atoms with Crippen molar-refractivity contribution in [1.82, 2.24) is 4.90 Å². The first kappa shape index (κ1) is 19.8. The first-order valence-corrected chi connectivity index (χ1v) is 9.04. The number of amides is 1. The van der Waals surface area contributed by atoms with Gasteiger partial charge in [0.1, 0.15) is 0 Å². The Morgan fingerprint density at radius 2 is 1.96 bits per heavy atom. The second-order valence-corrected chi connectivity index (χ2v) is 7.63. The van der Waals surface area contributed by atoms with Crippen molar-refractivity contribution in [3.05, 3.63) is 0 Å². The fourth-order valence-electron chi connectivity index (χ4n) is 3.96. The van der Waals surface area contributed by atoms with Crippen LogP contribution in [0.4, 0.5) is 4.39 Å². The second kappa shape index (κ2) is 8.76. The molecule has 4 unspecified atom stereocenters. The molecule has 24 heavy (non-hydrogen) atoms. The predicted octanol–water partition coefficient (Wildman–Crippen LogP) is -0.131.